The van der Waals surface area contributed by atoms with Crippen molar-refractivity contribution in [2.45, 2.75) is 20.8 Å². The fraction of sp³-hybridized carbons (Fsp3) is 0.167. The molecule has 0 aromatic heterocycles. The number of hydrogen-bond acceptors (Lipinski definition) is 2. The van der Waals surface area contributed by atoms with Gasteiger partial charge in [0.25, 0.3) is 0 Å². The van der Waals surface area contributed by atoms with Crippen LogP contribution in [0.2, 0.25) is 0 Å². The maximum Gasteiger partial charge on any atom is 0.187 e. The Bertz CT molecular complexity index is 704. The minimum Gasteiger partial charge on any atom is -0.361 e. The van der Waals surface area contributed by atoms with Crippen molar-refractivity contribution >= 4 is 11.5 Å². The minimum absolute atomic E-state index is 0.0729. The number of nitrogens with one attached hydrogen (secondary N) is 1. The minimum atomic E-state index is -0.269. The van der Waals surface area contributed by atoms with E-state index in [2.05, 4.69) is 5.32 Å². The average Bonchev–Trinajstić information content (AvgIpc) is 2.45. The van der Waals surface area contributed by atoms with Crippen LogP contribution >= 0.6 is 0 Å². The van der Waals surface area contributed by atoms with Crippen LogP contribution in [0, 0.1) is 26.6 Å². The highest BCUT2D eigenvalue weighted by atomic mass is 19.1. The zero-order chi connectivity index (χ0) is 15.4. The average molecular weight is 283 g/mol. The van der Waals surface area contributed by atoms with Gasteiger partial charge in [0.15, 0.2) is 5.78 Å². The van der Waals surface area contributed by atoms with Crippen LogP contribution in [0.1, 0.15) is 27.0 Å². The Morgan fingerprint density at radius 1 is 1.05 bits per heavy atom. The lowest BCUT2D eigenvalue weighted by Gasteiger charge is -2.04. The van der Waals surface area contributed by atoms with E-state index in [1.165, 1.54) is 18.3 Å². The van der Waals surface area contributed by atoms with Crippen LogP contribution in [-0.2, 0) is 0 Å². The number of carbonyl (C=O) groups excluding carboxylic acids is 1. The van der Waals surface area contributed by atoms with Crippen molar-refractivity contribution in [2.24, 2.45) is 0 Å². The maximum absolute atomic E-state index is 13.4. The first-order valence-electron chi connectivity index (χ1n) is 6.78. The molecule has 2 aromatic rings. The summed E-state index contributed by atoms with van der Waals surface area (Å²) < 4.78 is 13.4. The van der Waals surface area contributed by atoms with Crippen LogP contribution in [0.4, 0.5) is 10.1 Å². The molecule has 0 radical (unpaired) electrons. The first-order valence-corrected chi connectivity index (χ1v) is 6.78. The van der Waals surface area contributed by atoms with Gasteiger partial charge in [-0.3, -0.25) is 4.79 Å². The molecule has 1 N–H and O–H groups in total. The summed E-state index contributed by atoms with van der Waals surface area (Å²) in [5.74, 6) is -0.342. The lowest BCUT2D eigenvalue weighted by atomic mass is 10.0. The van der Waals surface area contributed by atoms with E-state index in [9.17, 15) is 9.18 Å². The molecule has 0 spiro atoms. The summed E-state index contributed by atoms with van der Waals surface area (Å²) in [5, 5.41) is 2.91. The van der Waals surface area contributed by atoms with Crippen molar-refractivity contribution in [3.63, 3.8) is 0 Å². The standard InChI is InChI=1S/C18H18FNO/c1-12-4-5-13(2)16(10-12)18(21)8-9-20-15-7-6-14(3)17(19)11-15/h4-11,20H,1-3H3/b9-8+. The fourth-order valence-corrected chi connectivity index (χ4v) is 1.99. The second kappa shape index (κ2) is 6.35. The van der Waals surface area contributed by atoms with Gasteiger partial charge in [0, 0.05) is 23.5 Å². The number of allylic oxidation sites excluding steroid dienone is 1. The summed E-state index contributed by atoms with van der Waals surface area (Å²) in [7, 11) is 0. The molecule has 2 nitrogen and oxygen atoms in total. The zero-order valence-corrected chi connectivity index (χ0v) is 12.4. The summed E-state index contributed by atoms with van der Waals surface area (Å²) in [6, 6.07) is 10.6. The molecule has 21 heavy (non-hydrogen) atoms. The van der Waals surface area contributed by atoms with Gasteiger partial charge in [-0.05, 0) is 50.1 Å². The molecule has 0 amide bonds. The number of anilines is 1. The largest absolute Gasteiger partial charge is 0.361 e. The lowest BCUT2D eigenvalue weighted by molar-refractivity contribution is 0.104. The maximum atomic E-state index is 13.4. The zero-order valence-electron chi connectivity index (χ0n) is 12.4. The van der Waals surface area contributed by atoms with Crippen molar-refractivity contribution in [3.05, 3.63) is 76.7 Å². The van der Waals surface area contributed by atoms with Gasteiger partial charge in [-0.25, -0.2) is 4.39 Å². The highest BCUT2D eigenvalue weighted by molar-refractivity contribution is 6.05. The molecule has 0 saturated carbocycles. The summed E-state index contributed by atoms with van der Waals surface area (Å²) >= 11 is 0. The highest BCUT2D eigenvalue weighted by Crippen LogP contribution is 2.14. The first kappa shape index (κ1) is 15.0. The van der Waals surface area contributed by atoms with E-state index in [4.69, 9.17) is 0 Å². The molecule has 0 saturated heterocycles. The Hall–Kier alpha value is -2.42. The predicted molar refractivity (Wildman–Crippen MR) is 84.1 cm³/mol. The van der Waals surface area contributed by atoms with Gasteiger partial charge in [0.05, 0.1) is 0 Å². The molecule has 0 aliphatic carbocycles. The third-order valence-electron chi connectivity index (χ3n) is 3.32. The quantitative estimate of drug-likeness (QED) is 0.658. The van der Waals surface area contributed by atoms with Gasteiger partial charge >= 0.3 is 0 Å². The molecule has 0 unspecified atom stereocenters. The van der Waals surface area contributed by atoms with Gasteiger partial charge in [-0.1, -0.05) is 23.8 Å². The van der Waals surface area contributed by atoms with E-state index in [0.29, 0.717) is 16.8 Å². The van der Waals surface area contributed by atoms with Crippen molar-refractivity contribution in [3.8, 4) is 0 Å². The van der Waals surface area contributed by atoms with Gasteiger partial charge in [-0.15, -0.1) is 0 Å². The molecule has 3 heteroatoms. The molecule has 2 rings (SSSR count). The Labute approximate surface area is 124 Å². The Balaban J connectivity index is 2.08. The van der Waals surface area contributed by atoms with Crippen LogP contribution < -0.4 is 5.32 Å². The second-order valence-corrected chi connectivity index (χ2v) is 5.12. The van der Waals surface area contributed by atoms with Crippen LogP contribution in [0.15, 0.2) is 48.7 Å². The molecule has 0 bridgehead atoms. The SMILES string of the molecule is Cc1ccc(C)c(C(=O)/C=C/Nc2ccc(C)c(F)c2)c1. The predicted octanol–water partition coefficient (Wildman–Crippen LogP) is 4.56. The molecule has 2 aromatic carbocycles. The topological polar surface area (TPSA) is 29.1 Å². The summed E-state index contributed by atoms with van der Waals surface area (Å²) in [6.45, 7) is 5.57. The molecule has 0 fully saturated rings. The van der Waals surface area contributed by atoms with E-state index in [-0.39, 0.29) is 11.6 Å². The first-order chi connectivity index (χ1) is 9.97. The van der Waals surface area contributed by atoms with E-state index >= 15 is 0 Å². The number of aryl methyl sites for hydroxylation is 3. The van der Waals surface area contributed by atoms with E-state index in [1.807, 2.05) is 32.0 Å². The van der Waals surface area contributed by atoms with Crippen LogP contribution in [0.5, 0.6) is 0 Å². The van der Waals surface area contributed by atoms with E-state index in [1.54, 1.807) is 19.1 Å². The van der Waals surface area contributed by atoms with Gasteiger partial charge in [0.1, 0.15) is 5.82 Å². The molecule has 0 aliphatic heterocycles. The second-order valence-electron chi connectivity index (χ2n) is 5.12. The lowest BCUT2D eigenvalue weighted by Crippen LogP contribution is -2.00. The van der Waals surface area contributed by atoms with E-state index < -0.39 is 0 Å². The Morgan fingerprint density at radius 2 is 1.76 bits per heavy atom. The fourth-order valence-electron chi connectivity index (χ4n) is 1.99. The third kappa shape index (κ3) is 3.78. The monoisotopic (exact) mass is 283 g/mol. The van der Waals surface area contributed by atoms with Crippen LogP contribution in [-0.4, -0.2) is 5.78 Å². The number of carbonyl (C=O) groups is 1. The van der Waals surface area contributed by atoms with E-state index in [0.717, 1.165) is 11.1 Å². The molecule has 108 valence electrons. The normalized spacial score (nSPS) is 10.9. The Kier molecular flexibility index (Phi) is 4.53. The molecule has 0 atom stereocenters. The smallest absolute Gasteiger partial charge is 0.187 e. The number of rotatable bonds is 4. The number of halogens is 1. The van der Waals surface area contributed by atoms with Crippen molar-refractivity contribution in [1.82, 2.24) is 0 Å². The van der Waals surface area contributed by atoms with Gasteiger partial charge in [0.2, 0.25) is 0 Å². The van der Waals surface area contributed by atoms with Crippen molar-refractivity contribution < 1.29 is 9.18 Å². The van der Waals surface area contributed by atoms with Crippen LogP contribution in [0.3, 0.4) is 0 Å². The van der Waals surface area contributed by atoms with Gasteiger partial charge < -0.3 is 5.32 Å². The van der Waals surface area contributed by atoms with Gasteiger partial charge in [-0.2, -0.15) is 0 Å². The molecule has 0 heterocycles. The summed E-state index contributed by atoms with van der Waals surface area (Å²) in [5.41, 5.74) is 3.88. The third-order valence-corrected chi connectivity index (χ3v) is 3.32. The number of benzene rings is 2. The summed E-state index contributed by atoms with van der Waals surface area (Å²) in [6.07, 6.45) is 2.99. The summed E-state index contributed by atoms with van der Waals surface area (Å²) in [4.78, 5) is 12.1. The van der Waals surface area contributed by atoms with Crippen molar-refractivity contribution in [1.29, 1.82) is 0 Å². The highest BCUT2D eigenvalue weighted by Gasteiger charge is 2.05. The number of hydrogen-bond donors (Lipinski definition) is 1. The molecular formula is C18H18FNO. The Morgan fingerprint density at radius 3 is 2.48 bits per heavy atom. The van der Waals surface area contributed by atoms with Crippen molar-refractivity contribution in [2.75, 3.05) is 5.32 Å². The van der Waals surface area contributed by atoms with Crippen LogP contribution in [0.25, 0.3) is 0 Å². The molecule has 0 aliphatic rings. The number of ketones is 1. The molecular weight excluding hydrogens is 265 g/mol.